The maximum absolute atomic E-state index is 4.97. The fourth-order valence-corrected chi connectivity index (χ4v) is 80.9. The molecular weight excluding hydrogens is 1950 g/mol. The van der Waals surface area contributed by atoms with Gasteiger partial charge in [0.25, 0.3) is 0 Å². The molecule has 0 aliphatic carbocycles. The van der Waals surface area contributed by atoms with Gasteiger partial charge in [-0.2, -0.15) is 0 Å². The molecule has 0 saturated heterocycles. The highest BCUT2D eigenvalue weighted by Crippen LogP contribution is 2.34. The summed E-state index contributed by atoms with van der Waals surface area (Å²) in [7, 11) is -17.2. The van der Waals surface area contributed by atoms with Crippen LogP contribution in [0.1, 0.15) is 341 Å². The molecule has 816 valence electrons. The largest absolute Gasteiger partial charge is 0.266 e. The number of hydrogen-bond acceptors (Lipinski definition) is 8. The molecule has 17 rings (SSSR count). The third-order valence-electron chi connectivity index (χ3n) is 32.4. The molecule has 0 atom stereocenters. The molecule has 0 N–H and O–H groups in total. The molecule has 0 spiro atoms. The molecule has 5 aliphatic heterocycles. The SMILES string of the molecule is CCC.CCC.CCC.CCC.CCC.CCC.CCC.CCC.CCC.CCC.CC[Si]1(CC)c2cc3ccccc3cc2[Si](CC)(CC)c2cc3ccccc3cc21.CC[Si]1(CC)c2cccnc2[Si](CC)(CC)c2cccnc21.CC[Si]1(CC)c2cccnc2[Si](CC)(CC)c2ncccc21.CC[Si]1(CC)c2ccncc2[Si](CC)(CC)c2ccncc21.CC[Si]1(CC)c2ccncc2[Si](CC)(CC)c2cnccc21. The Labute approximate surface area is 920 Å². The van der Waals surface area contributed by atoms with Gasteiger partial charge in [0.1, 0.15) is 72.7 Å². The maximum Gasteiger partial charge on any atom is 0.163 e. The molecule has 5 aliphatic rings. The molecule has 18 heteroatoms. The lowest BCUT2D eigenvalue weighted by Crippen LogP contribution is -2.82. The predicted octanol–water partition coefficient (Wildman–Crippen LogP) is 27.7. The van der Waals surface area contributed by atoms with Gasteiger partial charge in [-0.05, 0) is 124 Å². The number of hydrogen-bond donors (Lipinski definition) is 0. The van der Waals surface area contributed by atoms with E-state index in [0.29, 0.717) is 0 Å². The van der Waals surface area contributed by atoms with E-state index in [1.807, 2.05) is 49.6 Å². The Morgan fingerprint density at radius 2 is 0.277 bits per heavy atom. The van der Waals surface area contributed by atoms with Crippen molar-refractivity contribution in [3.63, 3.8) is 0 Å². The van der Waals surface area contributed by atoms with Crippen LogP contribution in [0.3, 0.4) is 0 Å². The molecule has 13 heterocycles. The standard InChI is InChI=1S/C28H32Si2.4C18H26N2Si2.10C3H8/c1-5-29(6-2)25-17-21-13-9-11-15-23(21)19-27(25)30(7-3,8-4)28-20-24-16-12-10-14-22(24)18-26(28)29;1-5-21(6-2)15-9-11-20-14-18(15)22(7-3,8-4)16-10-12-19-13-17(16)21;1-5-21(6-2)15-9-11-19-13-17(15)22(7-3,8-4)18-14-20-12-10-16(18)21;1-5-21(6-2)15-11-9-14-20-18(15)22(7-3,8-4)16-12-10-13-19-17(16)21;1-5-21(6-2)15-11-9-13-19-17(15)22(7-3,8-4)18-16(21)12-10-14-20-18;10*1-3-2/h9-20H,5-8H2,1-4H3;4*9-14H,5-8H2,1-4H3;10*3H2,1-2H3. The van der Waals surface area contributed by atoms with E-state index in [2.05, 4.69) is 467 Å². The van der Waals surface area contributed by atoms with Crippen molar-refractivity contribution in [2.45, 2.75) is 462 Å². The van der Waals surface area contributed by atoms with Crippen LogP contribution >= 0.6 is 0 Å². The summed E-state index contributed by atoms with van der Waals surface area (Å²) in [5, 5.41) is 38.3. The maximum atomic E-state index is 4.97. The van der Waals surface area contributed by atoms with Gasteiger partial charge < -0.3 is 0 Å². The molecule has 0 fully saturated rings. The van der Waals surface area contributed by atoms with E-state index in [9.17, 15) is 0 Å². The van der Waals surface area contributed by atoms with E-state index in [1.165, 1.54) is 228 Å². The second-order valence-electron chi connectivity index (χ2n) is 41.7. The first-order valence-electron chi connectivity index (χ1n) is 60.3. The number of pyridine rings is 8. The molecule has 0 radical (unpaired) electrons. The zero-order chi connectivity index (χ0) is 111. The normalized spacial score (nSPS) is 15.0. The minimum atomic E-state index is -1.79. The van der Waals surface area contributed by atoms with Gasteiger partial charge in [0, 0.05) is 95.6 Å². The van der Waals surface area contributed by atoms with Crippen LogP contribution < -0.4 is 104 Å². The zero-order valence-corrected chi connectivity index (χ0v) is 113. The number of nitrogens with zero attached hydrogens (tertiary/aromatic N) is 8. The molecule has 0 bridgehead atoms. The fraction of sp³-hybridized carbons (Fsp3) is 0.538. The van der Waals surface area contributed by atoms with Gasteiger partial charge in [-0.25, -0.2) is 0 Å². The summed E-state index contributed by atoms with van der Waals surface area (Å²) >= 11 is 0. The van der Waals surface area contributed by atoms with Gasteiger partial charge >= 0.3 is 0 Å². The predicted molar refractivity (Wildman–Crippen MR) is 701 cm³/mol. The summed E-state index contributed by atoms with van der Waals surface area (Å²) in [4.78, 5) is 38.0. The van der Waals surface area contributed by atoms with Gasteiger partial charge in [-0.3, -0.25) is 39.9 Å². The monoisotopic (exact) mass is 2170 g/mol. The molecule has 0 unspecified atom stereocenters. The molecule has 4 aromatic carbocycles. The van der Waals surface area contributed by atoms with Crippen molar-refractivity contribution in [2.24, 2.45) is 0 Å². The van der Waals surface area contributed by atoms with Crippen molar-refractivity contribution in [3.8, 4) is 0 Å². The molecule has 12 aromatic rings. The molecule has 0 amide bonds. The minimum Gasteiger partial charge on any atom is -0.266 e. The van der Waals surface area contributed by atoms with Crippen LogP contribution in [0, 0.1) is 0 Å². The first-order chi connectivity index (χ1) is 71.6. The lowest BCUT2D eigenvalue weighted by atomic mass is 10.1. The average Bonchev–Trinajstić information content (AvgIpc) is 0.680. The van der Waals surface area contributed by atoms with Crippen LogP contribution in [-0.2, 0) is 0 Å². The highest BCUT2D eigenvalue weighted by Gasteiger charge is 2.57. The Kier molecular flexibility index (Phi) is 62.1. The summed E-state index contributed by atoms with van der Waals surface area (Å²) in [5.74, 6) is 0. The quantitative estimate of drug-likeness (QED) is 0.0695. The number of benzene rings is 4. The van der Waals surface area contributed by atoms with E-state index in [1.54, 1.807) is 83.0 Å². The van der Waals surface area contributed by atoms with Crippen molar-refractivity contribution < 1.29 is 0 Å². The first-order valence-corrected chi connectivity index (χ1v) is 84.4. The van der Waals surface area contributed by atoms with Crippen LogP contribution in [0.15, 0.2) is 220 Å². The first kappa shape index (κ1) is 135. The third-order valence-corrected chi connectivity index (χ3v) is 87.4. The van der Waals surface area contributed by atoms with Crippen LogP contribution in [0.25, 0.3) is 21.5 Å². The van der Waals surface area contributed by atoms with Crippen LogP contribution in [-0.4, -0.2) is 121 Å². The molecule has 148 heavy (non-hydrogen) atoms. The van der Waals surface area contributed by atoms with Crippen molar-refractivity contribution >= 4 is 207 Å². The summed E-state index contributed by atoms with van der Waals surface area (Å²) < 4.78 is 0. The van der Waals surface area contributed by atoms with Crippen LogP contribution in [0.4, 0.5) is 0 Å². The summed E-state index contributed by atoms with van der Waals surface area (Å²) in [6.45, 7) is 90.2. The van der Waals surface area contributed by atoms with E-state index in [0.717, 1.165) is 0 Å². The fourth-order valence-electron chi connectivity index (χ4n) is 24.8. The summed E-state index contributed by atoms with van der Waals surface area (Å²) in [6, 6.07) is 81.1. The van der Waals surface area contributed by atoms with E-state index in [-0.39, 0.29) is 0 Å². The van der Waals surface area contributed by atoms with Gasteiger partial charge in [0.15, 0.2) is 8.07 Å². The summed E-state index contributed by atoms with van der Waals surface area (Å²) in [5.41, 5.74) is 0. The molecule has 0 saturated carbocycles. The Morgan fingerprint density at radius 3 is 0.453 bits per heavy atom. The van der Waals surface area contributed by atoms with Gasteiger partial charge in [0.05, 0.1) is 0 Å². The topological polar surface area (TPSA) is 103 Å². The molecular formula is C130H216N8Si10. The molecule has 8 aromatic heterocycles. The lowest BCUT2D eigenvalue weighted by molar-refractivity contribution is 1.09. The third kappa shape index (κ3) is 28.0. The van der Waals surface area contributed by atoms with Crippen molar-refractivity contribution in [1.29, 1.82) is 0 Å². The lowest BCUT2D eigenvalue weighted by Gasteiger charge is -2.47. The highest BCUT2D eigenvalue weighted by molar-refractivity contribution is 7.21. The second-order valence-corrected chi connectivity index (χ2v) is 88.0. The number of fused-ring (bicyclic) bond motifs is 12. The Hall–Kier alpha value is -7.23. The van der Waals surface area contributed by atoms with E-state index < -0.39 is 80.7 Å². The van der Waals surface area contributed by atoms with Crippen LogP contribution in [0.2, 0.25) is 121 Å². The van der Waals surface area contributed by atoms with Gasteiger partial charge in [-0.15, -0.1) is 0 Å². The van der Waals surface area contributed by atoms with Crippen LogP contribution in [0.5, 0.6) is 0 Å². The summed E-state index contributed by atoms with van der Waals surface area (Å²) in [6.07, 6.45) is 37.4. The van der Waals surface area contributed by atoms with E-state index in [4.69, 9.17) is 19.9 Å². The average molecular weight is 2170 g/mol. The Balaban J connectivity index is 0.000000445. The smallest absolute Gasteiger partial charge is 0.163 e. The number of rotatable bonds is 20. The minimum absolute atomic E-state index is 1.20. The second kappa shape index (κ2) is 68.1. The number of aromatic nitrogens is 8. The molecule has 8 nitrogen and oxygen atoms in total. The van der Waals surface area contributed by atoms with Crippen molar-refractivity contribution in [2.75, 3.05) is 0 Å². The Morgan fingerprint density at radius 1 is 0.135 bits per heavy atom. The van der Waals surface area contributed by atoms with E-state index >= 15 is 0 Å². The van der Waals surface area contributed by atoms with Crippen molar-refractivity contribution in [3.05, 3.63) is 220 Å². The Bertz CT molecular complexity index is 4560. The van der Waals surface area contributed by atoms with Crippen molar-refractivity contribution in [1.82, 2.24) is 39.9 Å². The van der Waals surface area contributed by atoms with Gasteiger partial charge in [0.2, 0.25) is 0 Å². The zero-order valence-electron chi connectivity index (χ0n) is 103. The highest BCUT2D eigenvalue weighted by atomic mass is 28.4. The van der Waals surface area contributed by atoms with Gasteiger partial charge in [-0.1, -0.05) is 589 Å².